The lowest BCUT2D eigenvalue weighted by Gasteiger charge is -2.08. The van der Waals surface area contributed by atoms with Crippen LogP contribution in [0.15, 0.2) is 35.4 Å². The summed E-state index contributed by atoms with van der Waals surface area (Å²) in [6.07, 6.45) is 7.14. The number of rotatable bonds is 6. The van der Waals surface area contributed by atoms with Gasteiger partial charge in [-0.2, -0.15) is 0 Å². The maximum atomic E-state index is 12.7. The molecule has 1 aliphatic carbocycles. The summed E-state index contributed by atoms with van der Waals surface area (Å²) in [4.78, 5) is 30.8. The summed E-state index contributed by atoms with van der Waals surface area (Å²) in [7, 11) is 0. The van der Waals surface area contributed by atoms with Crippen LogP contribution in [-0.4, -0.2) is 29.2 Å². The monoisotopic (exact) mass is 428 g/mol. The number of hydrogen-bond donors (Lipinski definition) is 2. The Balaban J connectivity index is 1.50. The summed E-state index contributed by atoms with van der Waals surface area (Å²) >= 11 is 3.03. The van der Waals surface area contributed by atoms with Crippen LogP contribution < -0.4 is 5.32 Å². The minimum Gasteiger partial charge on any atom is -0.462 e. The van der Waals surface area contributed by atoms with E-state index in [1.54, 1.807) is 6.92 Å². The molecule has 0 aliphatic heterocycles. The lowest BCUT2D eigenvalue weighted by Crippen LogP contribution is -2.16. The topological polar surface area (TPSA) is 71.2 Å². The van der Waals surface area contributed by atoms with Crippen LogP contribution in [0.2, 0.25) is 0 Å². The number of aromatic nitrogens is 1. The van der Waals surface area contributed by atoms with Crippen LogP contribution in [0.4, 0.5) is 5.00 Å². The average Bonchev–Trinajstić information content (AvgIpc) is 3.20. The van der Waals surface area contributed by atoms with Gasteiger partial charge >= 0.3 is 5.97 Å². The first-order valence-electron chi connectivity index (χ1n) is 9.97. The first-order chi connectivity index (χ1) is 14.2. The summed E-state index contributed by atoms with van der Waals surface area (Å²) in [5.74, 6) is -0.152. The molecule has 7 heteroatoms. The standard InChI is InChI=1S/C22H24N2O3S2/c1-2-27-22(26)20-15-9-4-3-5-11-17(15)29-21(20)24-19(25)13-28-18-12-23-16-10-7-6-8-14(16)18/h6-8,10,12,23H,2-5,9,11,13H2,1H3,(H,24,25). The van der Waals surface area contributed by atoms with E-state index in [-0.39, 0.29) is 17.6 Å². The van der Waals surface area contributed by atoms with Gasteiger partial charge in [0.05, 0.1) is 17.9 Å². The van der Waals surface area contributed by atoms with Crippen molar-refractivity contribution in [2.45, 2.75) is 43.9 Å². The summed E-state index contributed by atoms with van der Waals surface area (Å²) in [5.41, 5.74) is 2.70. The fraction of sp³-hybridized carbons (Fsp3) is 0.364. The highest BCUT2D eigenvalue weighted by molar-refractivity contribution is 8.00. The molecule has 1 amide bonds. The van der Waals surface area contributed by atoms with Crippen LogP contribution in [0.3, 0.4) is 0 Å². The van der Waals surface area contributed by atoms with Crippen LogP contribution in [0, 0.1) is 0 Å². The second kappa shape index (κ2) is 9.05. The minimum absolute atomic E-state index is 0.109. The second-order valence-corrected chi connectivity index (χ2v) is 9.15. The Morgan fingerprint density at radius 3 is 2.90 bits per heavy atom. The Bertz CT molecular complexity index is 1040. The van der Waals surface area contributed by atoms with Crippen LogP contribution in [0.5, 0.6) is 0 Å². The van der Waals surface area contributed by atoms with Gasteiger partial charge in [0.2, 0.25) is 5.91 Å². The van der Waals surface area contributed by atoms with Gasteiger partial charge in [-0.1, -0.05) is 24.6 Å². The highest BCUT2D eigenvalue weighted by Gasteiger charge is 2.26. The maximum absolute atomic E-state index is 12.7. The van der Waals surface area contributed by atoms with Crippen molar-refractivity contribution in [3.63, 3.8) is 0 Å². The molecular formula is C22H24N2O3S2. The summed E-state index contributed by atoms with van der Waals surface area (Å²) in [6.45, 7) is 2.13. The van der Waals surface area contributed by atoms with E-state index in [1.165, 1.54) is 34.4 Å². The number of carbonyl (C=O) groups excluding carboxylic acids is 2. The molecule has 2 heterocycles. The molecule has 152 valence electrons. The number of aromatic amines is 1. The molecule has 0 atom stereocenters. The van der Waals surface area contributed by atoms with Crippen molar-refractivity contribution in [2.24, 2.45) is 0 Å². The normalized spacial score (nSPS) is 13.7. The van der Waals surface area contributed by atoms with E-state index in [0.717, 1.165) is 47.0 Å². The first-order valence-corrected chi connectivity index (χ1v) is 11.8. The van der Waals surface area contributed by atoms with Gasteiger partial charge in [-0.05, 0) is 44.2 Å². The third-order valence-corrected chi connectivity index (χ3v) is 7.33. The molecule has 0 spiro atoms. The van der Waals surface area contributed by atoms with Gasteiger partial charge in [0.25, 0.3) is 0 Å². The number of benzene rings is 1. The Morgan fingerprint density at radius 1 is 1.21 bits per heavy atom. The van der Waals surface area contributed by atoms with Crippen molar-refractivity contribution in [1.29, 1.82) is 0 Å². The van der Waals surface area contributed by atoms with E-state index in [0.29, 0.717) is 17.2 Å². The number of amides is 1. The van der Waals surface area contributed by atoms with E-state index >= 15 is 0 Å². The minimum atomic E-state index is -0.327. The molecule has 0 saturated heterocycles. The Hall–Kier alpha value is -2.25. The van der Waals surface area contributed by atoms with Crippen LogP contribution in [0.1, 0.15) is 47.0 Å². The number of esters is 1. The molecule has 0 fully saturated rings. The van der Waals surface area contributed by atoms with Gasteiger partial charge in [0, 0.05) is 26.9 Å². The predicted octanol–water partition coefficient (Wildman–Crippen LogP) is 5.41. The van der Waals surface area contributed by atoms with Crippen molar-refractivity contribution in [2.75, 3.05) is 17.7 Å². The number of H-pyrrole nitrogens is 1. The highest BCUT2D eigenvalue weighted by atomic mass is 32.2. The van der Waals surface area contributed by atoms with Crippen molar-refractivity contribution < 1.29 is 14.3 Å². The highest BCUT2D eigenvalue weighted by Crippen LogP contribution is 2.38. The smallest absolute Gasteiger partial charge is 0.341 e. The Morgan fingerprint density at radius 2 is 2.03 bits per heavy atom. The van der Waals surface area contributed by atoms with Crippen molar-refractivity contribution in [3.8, 4) is 0 Å². The number of carbonyl (C=O) groups is 2. The number of para-hydroxylation sites is 1. The van der Waals surface area contributed by atoms with E-state index in [2.05, 4.69) is 10.3 Å². The van der Waals surface area contributed by atoms with Gasteiger partial charge < -0.3 is 15.0 Å². The van der Waals surface area contributed by atoms with Gasteiger partial charge in [0.1, 0.15) is 5.00 Å². The Kier molecular flexibility index (Phi) is 6.25. The maximum Gasteiger partial charge on any atom is 0.341 e. The molecule has 0 bridgehead atoms. The Labute approximate surface area is 178 Å². The average molecular weight is 429 g/mol. The van der Waals surface area contributed by atoms with Crippen LogP contribution >= 0.6 is 23.1 Å². The molecule has 0 unspecified atom stereocenters. The van der Waals surface area contributed by atoms with Gasteiger partial charge in [-0.3, -0.25) is 4.79 Å². The van der Waals surface area contributed by atoms with Gasteiger partial charge in [-0.25, -0.2) is 4.79 Å². The molecule has 2 aromatic heterocycles. The molecule has 0 saturated carbocycles. The molecule has 2 N–H and O–H groups in total. The quantitative estimate of drug-likeness (QED) is 0.313. The van der Waals surface area contributed by atoms with E-state index in [1.807, 2.05) is 30.5 Å². The zero-order valence-electron chi connectivity index (χ0n) is 16.4. The lowest BCUT2D eigenvalue weighted by atomic mass is 10.1. The van der Waals surface area contributed by atoms with Gasteiger partial charge in [0.15, 0.2) is 0 Å². The van der Waals surface area contributed by atoms with Crippen molar-refractivity contribution in [3.05, 3.63) is 46.5 Å². The molecule has 29 heavy (non-hydrogen) atoms. The van der Waals surface area contributed by atoms with Crippen molar-refractivity contribution >= 4 is 50.9 Å². The number of anilines is 1. The molecule has 0 radical (unpaired) electrons. The molecule has 1 aromatic carbocycles. The number of thioether (sulfide) groups is 1. The summed E-state index contributed by atoms with van der Waals surface area (Å²) in [5, 5.41) is 4.74. The second-order valence-electron chi connectivity index (χ2n) is 7.02. The van der Waals surface area contributed by atoms with E-state index in [9.17, 15) is 9.59 Å². The third-order valence-electron chi connectivity index (χ3n) is 5.06. The molecule has 5 nitrogen and oxygen atoms in total. The fourth-order valence-electron chi connectivity index (χ4n) is 3.72. The molecule has 1 aliphatic rings. The number of nitrogens with one attached hydrogen (secondary N) is 2. The SMILES string of the molecule is CCOC(=O)c1c(NC(=O)CSc2c[nH]c3ccccc23)sc2c1CCCCC2. The number of aryl methyl sites for hydroxylation is 1. The van der Waals surface area contributed by atoms with Crippen molar-refractivity contribution in [1.82, 2.24) is 4.98 Å². The van der Waals surface area contributed by atoms with E-state index < -0.39 is 0 Å². The number of fused-ring (bicyclic) bond motifs is 2. The van der Waals surface area contributed by atoms with Gasteiger partial charge in [-0.15, -0.1) is 23.1 Å². The third kappa shape index (κ3) is 4.36. The summed E-state index contributed by atoms with van der Waals surface area (Å²) < 4.78 is 5.29. The molecule has 3 aromatic rings. The van der Waals surface area contributed by atoms with Crippen LogP contribution in [0.25, 0.3) is 10.9 Å². The zero-order chi connectivity index (χ0) is 20.2. The lowest BCUT2D eigenvalue weighted by molar-refractivity contribution is -0.113. The number of ether oxygens (including phenoxy) is 1. The fourth-order valence-corrected chi connectivity index (χ4v) is 5.85. The predicted molar refractivity (Wildman–Crippen MR) is 119 cm³/mol. The number of hydrogen-bond acceptors (Lipinski definition) is 5. The molecule has 4 rings (SSSR count). The number of thiophene rings is 1. The largest absolute Gasteiger partial charge is 0.462 e. The molecular weight excluding hydrogens is 404 g/mol. The zero-order valence-corrected chi connectivity index (χ0v) is 18.0. The van der Waals surface area contributed by atoms with Crippen LogP contribution in [-0.2, 0) is 22.4 Å². The summed E-state index contributed by atoms with van der Waals surface area (Å²) in [6, 6.07) is 8.04. The first kappa shape index (κ1) is 20.0. The van der Waals surface area contributed by atoms with E-state index in [4.69, 9.17) is 4.74 Å².